The van der Waals surface area contributed by atoms with E-state index in [0.717, 1.165) is 17.7 Å². The zero-order valence-electron chi connectivity index (χ0n) is 19.4. The maximum Gasteiger partial charge on any atom is 0.213 e. The fourth-order valence-corrected chi connectivity index (χ4v) is 5.31. The molecule has 168 valence electrons. The van der Waals surface area contributed by atoms with Gasteiger partial charge < -0.3 is 19.4 Å². The summed E-state index contributed by atoms with van der Waals surface area (Å²) in [7, 11) is 0. The van der Waals surface area contributed by atoms with Gasteiger partial charge in [0.05, 0.1) is 0 Å². The summed E-state index contributed by atoms with van der Waals surface area (Å²) in [5.41, 5.74) is 1.31. The summed E-state index contributed by atoms with van der Waals surface area (Å²) >= 11 is 0. The quantitative estimate of drug-likeness (QED) is 0.647. The van der Waals surface area contributed by atoms with Gasteiger partial charge in [-0.3, -0.25) is 0 Å². The van der Waals surface area contributed by atoms with Crippen LogP contribution in [0.1, 0.15) is 57.9 Å². The third kappa shape index (κ3) is 5.95. The number of likely N-dealkylation sites (N-methyl/N-ethyl adjacent to an activating group) is 1. The molecule has 0 unspecified atom stereocenters. The van der Waals surface area contributed by atoms with Crippen LogP contribution in [0.15, 0.2) is 18.3 Å². The van der Waals surface area contributed by atoms with Gasteiger partial charge in [0.1, 0.15) is 6.10 Å². The van der Waals surface area contributed by atoms with Crippen LogP contribution in [-0.2, 0) is 0 Å². The Bertz CT molecular complexity index is 644. The average Bonchev–Trinajstić information content (AvgIpc) is 2.74. The van der Waals surface area contributed by atoms with Gasteiger partial charge in [-0.05, 0) is 74.7 Å². The summed E-state index contributed by atoms with van der Waals surface area (Å²) in [6.45, 7) is 18.2. The van der Waals surface area contributed by atoms with Gasteiger partial charge in [0.2, 0.25) is 5.88 Å². The molecule has 0 bridgehead atoms. The van der Waals surface area contributed by atoms with E-state index >= 15 is 0 Å². The number of piperidine rings is 1. The van der Waals surface area contributed by atoms with E-state index in [1.165, 1.54) is 90.1 Å². The highest BCUT2D eigenvalue weighted by Crippen LogP contribution is 2.33. The van der Waals surface area contributed by atoms with Crippen LogP contribution in [0.3, 0.4) is 0 Å². The van der Waals surface area contributed by atoms with Gasteiger partial charge in [-0.15, -0.1) is 0 Å². The molecule has 1 aliphatic carbocycles. The van der Waals surface area contributed by atoms with E-state index in [9.17, 15) is 0 Å². The molecule has 3 aliphatic rings. The van der Waals surface area contributed by atoms with Crippen molar-refractivity contribution in [3.63, 3.8) is 0 Å². The van der Waals surface area contributed by atoms with Crippen LogP contribution in [0, 0.1) is 11.8 Å². The van der Waals surface area contributed by atoms with E-state index in [-0.39, 0.29) is 0 Å². The molecule has 2 saturated heterocycles. The van der Waals surface area contributed by atoms with Crippen LogP contribution in [-0.4, -0.2) is 84.7 Å². The highest BCUT2D eigenvalue weighted by molar-refractivity contribution is 5.23. The molecule has 4 rings (SSSR count). The maximum atomic E-state index is 6.14. The molecule has 1 aromatic rings. The third-order valence-corrected chi connectivity index (χ3v) is 7.56. The van der Waals surface area contributed by atoms with Gasteiger partial charge in [0.25, 0.3) is 0 Å². The standard InChI is InChI=1S/C25H42N4O/c1-4-27-11-13-29(14-12-27)18-21-6-9-28(10-7-21)19-22-15-24(16-22)30-25-17-23(20(2)3)5-8-26-25/h5,8,17,20-22,24H,4,6-7,9-16,18-19H2,1-3H3. The van der Waals surface area contributed by atoms with E-state index in [4.69, 9.17) is 4.74 Å². The largest absolute Gasteiger partial charge is 0.474 e. The Morgan fingerprint density at radius 3 is 2.23 bits per heavy atom. The number of aromatic nitrogens is 1. The van der Waals surface area contributed by atoms with Crippen molar-refractivity contribution in [2.75, 3.05) is 58.9 Å². The number of ether oxygens (including phenoxy) is 1. The average molecular weight is 415 g/mol. The van der Waals surface area contributed by atoms with E-state index in [1.54, 1.807) is 0 Å². The first kappa shape index (κ1) is 22.0. The topological polar surface area (TPSA) is 31.8 Å². The molecule has 30 heavy (non-hydrogen) atoms. The van der Waals surface area contributed by atoms with Crippen molar-refractivity contribution in [1.82, 2.24) is 19.7 Å². The number of piperazine rings is 1. The molecule has 1 aromatic heterocycles. The minimum atomic E-state index is 0.365. The summed E-state index contributed by atoms with van der Waals surface area (Å²) in [4.78, 5) is 12.4. The van der Waals surface area contributed by atoms with Crippen LogP contribution >= 0.6 is 0 Å². The van der Waals surface area contributed by atoms with E-state index in [0.29, 0.717) is 12.0 Å². The highest BCUT2D eigenvalue weighted by Gasteiger charge is 2.33. The number of hydrogen-bond donors (Lipinski definition) is 0. The highest BCUT2D eigenvalue weighted by atomic mass is 16.5. The van der Waals surface area contributed by atoms with Crippen molar-refractivity contribution < 1.29 is 4.74 Å². The molecule has 0 aromatic carbocycles. The minimum Gasteiger partial charge on any atom is -0.474 e. The summed E-state index contributed by atoms with van der Waals surface area (Å²) < 4.78 is 6.14. The van der Waals surface area contributed by atoms with Gasteiger partial charge in [-0.2, -0.15) is 0 Å². The summed E-state index contributed by atoms with van der Waals surface area (Å²) in [6.07, 6.45) is 7.39. The lowest BCUT2D eigenvalue weighted by atomic mass is 9.81. The Morgan fingerprint density at radius 2 is 1.57 bits per heavy atom. The first-order valence-electron chi connectivity index (χ1n) is 12.4. The predicted octanol–water partition coefficient (Wildman–Crippen LogP) is 3.71. The molecule has 0 amide bonds. The lowest BCUT2D eigenvalue weighted by Crippen LogP contribution is -2.49. The van der Waals surface area contributed by atoms with Crippen molar-refractivity contribution in [2.24, 2.45) is 11.8 Å². The van der Waals surface area contributed by atoms with Gasteiger partial charge in [-0.25, -0.2) is 4.98 Å². The predicted molar refractivity (Wildman–Crippen MR) is 123 cm³/mol. The molecule has 2 aliphatic heterocycles. The van der Waals surface area contributed by atoms with Gasteiger partial charge in [0, 0.05) is 51.5 Å². The van der Waals surface area contributed by atoms with E-state index in [2.05, 4.69) is 52.6 Å². The Morgan fingerprint density at radius 1 is 0.933 bits per heavy atom. The van der Waals surface area contributed by atoms with E-state index < -0.39 is 0 Å². The smallest absolute Gasteiger partial charge is 0.213 e. The Kier molecular flexibility index (Phi) is 7.66. The SMILES string of the molecule is CCN1CCN(CC2CCN(CC3CC(Oc4cc(C(C)C)ccn4)C3)CC2)CC1. The molecule has 5 nitrogen and oxygen atoms in total. The van der Waals surface area contributed by atoms with Crippen LogP contribution in [0.5, 0.6) is 5.88 Å². The zero-order chi connectivity index (χ0) is 20.9. The molecule has 1 saturated carbocycles. The number of nitrogens with zero attached hydrogens (tertiary/aromatic N) is 4. The van der Waals surface area contributed by atoms with Crippen LogP contribution < -0.4 is 4.74 Å². The van der Waals surface area contributed by atoms with Crippen molar-refractivity contribution in [3.8, 4) is 5.88 Å². The summed E-state index contributed by atoms with van der Waals surface area (Å²) in [6, 6.07) is 4.21. The third-order valence-electron chi connectivity index (χ3n) is 7.56. The van der Waals surface area contributed by atoms with Crippen molar-refractivity contribution >= 4 is 0 Å². The zero-order valence-corrected chi connectivity index (χ0v) is 19.4. The van der Waals surface area contributed by atoms with Crippen LogP contribution in [0.25, 0.3) is 0 Å². The fourth-order valence-electron chi connectivity index (χ4n) is 5.31. The second-order valence-corrected chi connectivity index (χ2v) is 10.1. The van der Waals surface area contributed by atoms with Crippen LogP contribution in [0.2, 0.25) is 0 Å². The number of pyridine rings is 1. The lowest BCUT2D eigenvalue weighted by molar-refractivity contribution is 0.0292. The Hall–Kier alpha value is -1.17. The minimum absolute atomic E-state index is 0.365. The van der Waals surface area contributed by atoms with Crippen molar-refractivity contribution in [2.45, 2.75) is 58.5 Å². The normalized spacial score (nSPS) is 27.3. The number of likely N-dealkylation sites (tertiary alicyclic amines) is 1. The Balaban J connectivity index is 1.11. The van der Waals surface area contributed by atoms with Crippen molar-refractivity contribution in [3.05, 3.63) is 23.9 Å². The number of hydrogen-bond acceptors (Lipinski definition) is 5. The van der Waals surface area contributed by atoms with Gasteiger partial charge in [0.15, 0.2) is 0 Å². The molecular formula is C25H42N4O. The fraction of sp³-hybridized carbons (Fsp3) is 0.800. The second kappa shape index (κ2) is 10.4. The molecule has 0 N–H and O–H groups in total. The van der Waals surface area contributed by atoms with Crippen molar-refractivity contribution in [1.29, 1.82) is 0 Å². The molecular weight excluding hydrogens is 372 g/mol. The van der Waals surface area contributed by atoms with Gasteiger partial charge >= 0.3 is 0 Å². The number of rotatable bonds is 8. The monoisotopic (exact) mass is 414 g/mol. The van der Waals surface area contributed by atoms with Gasteiger partial charge in [-0.1, -0.05) is 20.8 Å². The summed E-state index contributed by atoms with van der Waals surface area (Å²) in [5, 5.41) is 0. The molecule has 5 heteroatoms. The van der Waals surface area contributed by atoms with E-state index in [1.807, 2.05) is 6.20 Å². The molecule has 0 radical (unpaired) electrons. The Labute approximate surface area is 183 Å². The maximum absolute atomic E-state index is 6.14. The first-order valence-corrected chi connectivity index (χ1v) is 12.4. The van der Waals surface area contributed by atoms with Crippen LogP contribution in [0.4, 0.5) is 0 Å². The molecule has 0 spiro atoms. The molecule has 3 heterocycles. The first-order chi connectivity index (χ1) is 14.6. The molecule has 3 fully saturated rings. The summed E-state index contributed by atoms with van der Waals surface area (Å²) in [5.74, 6) is 3.05. The lowest BCUT2D eigenvalue weighted by Gasteiger charge is -2.41. The second-order valence-electron chi connectivity index (χ2n) is 10.1. The molecule has 0 atom stereocenters.